The largest absolute Gasteiger partial charge is 0.319 e. The molecular weight excluding hydrogens is 368 g/mol. The molecule has 1 aromatic carbocycles. The van der Waals surface area contributed by atoms with Gasteiger partial charge in [0.1, 0.15) is 6.04 Å². The molecule has 1 amide bonds. The molecule has 134 valence electrons. The van der Waals surface area contributed by atoms with Crippen molar-refractivity contribution in [1.29, 1.82) is 0 Å². The fourth-order valence-electron chi connectivity index (χ4n) is 3.51. The van der Waals surface area contributed by atoms with Gasteiger partial charge >= 0.3 is 0 Å². The molecule has 0 bridgehead atoms. The van der Waals surface area contributed by atoms with E-state index in [0.29, 0.717) is 17.4 Å². The summed E-state index contributed by atoms with van der Waals surface area (Å²) < 4.78 is 1.21. The molecule has 0 aliphatic carbocycles. The maximum absolute atomic E-state index is 12.5. The van der Waals surface area contributed by atoms with Crippen LogP contribution in [0.2, 0.25) is 5.15 Å². The number of benzene rings is 1. The van der Waals surface area contributed by atoms with E-state index in [1.165, 1.54) is 16.0 Å². The van der Waals surface area contributed by atoms with E-state index in [0.717, 1.165) is 29.9 Å². The minimum absolute atomic E-state index is 0.0390. The highest BCUT2D eigenvalue weighted by Gasteiger charge is 2.32. The van der Waals surface area contributed by atoms with Gasteiger partial charge in [-0.05, 0) is 37.1 Å². The van der Waals surface area contributed by atoms with Crippen molar-refractivity contribution >= 4 is 44.7 Å². The zero-order valence-electron chi connectivity index (χ0n) is 14.2. The molecule has 1 unspecified atom stereocenters. The van der Waals surface area contributed by atoms with Crippen molar-refractivity contribution in [3.8, 4) is 0 Å². The highest BCUT2D eigenvalue weighted by atomic mass is 35.5. The average Bonchev–Trinajstić information content (AvgIpc) is 3.08. The van der Waals surface area contributed by atoms with Gasteiger partial charge in [0.05, 0.1) is 22.4 Å². The summed E-state index contributed by atoms with van der Waals surface area (Å²) in [4.78, 5) is 22.6. The number of nitrogens with one attached hydrogen (secondary N) is 2. The molecule has 1 aliphatic rings. The summed E-state index contributed by atoms with van der Waals surface area (Å²) in [6.45, 7) is 1.39. The third-order valence-electron chi connectivity index (χ3n) is 4.76. The van der Waals surface area contributed by atoms with Gasteiger partial charge in [-0.25, -0.2) is 9.97 Å². The van der Waals surface area contributed by atoms with E-state index >= 15 is 0 Å². The summed E-state index contributed by atoms with van der Waals surface area (Å²) >= 11 is 7.79. The van der Waals surface area contributed by atoms with Crippen LogP contribution in [-0.2, 0) is 4.79 Å². The van der Waals surface area contributed by atoms with Crippen LogP contribution in [0.15, 0.2) is 42.6 Å². The molecule has 1 fully saturated rings. The van der Waals surface area contributed by atoms with Gasteiger partial charge in [-0.1, -0.05) is 23.7 Å². The van der Waals surface area contributed by atoms with Gasteiger partial charge in [0.2, 0.25) is 0 Å². The van der Waals surface area contributed by atoms with Crippen LogP contribution in [0.3, 0.4) is 0 Å². The summed E-state index contributed by atoms with van der Waals surface area (Å²) in [5.74, 6) is -0.0390. The summed E-state index contributed by atoms with van der Waals surface area (Å²) in [7, 11) is 0. The molecule has 0 radical (unpaired) electrons. The second kappa shape index (κ2) is 7.70. The number of anilines is 1. The smallest absolute Gasteiger partial charge is 0.279 e. The van der Waals surface area contributed by atoms with Crippen molar-refractivity contribution in [3.05, 3.63) is 52.8 Å². The van der Waals surface area contributed by atoms with Crippen LogP contribution in [-0.4, -0.2) is 29.0 Å². The predicted octanol–water partition coefficient (Wildman–Crippen LogP) is 3.09. The SMILES string of the molecule is O=C(C[NH+]1CCCC[C@@H]1c1nc2ccccc2s1)Nc1cccnc1Cl. The quantitative estimate of drug-likeness (QED) is 0.676. The number of quaternary nitrogens is 1. The lowest BCUT2D eigenvalue weighted by Crippen LogP contribution is -3.14. The van der Waals surface area contributed by atoms with Gasteiger partial charge in [-0.15, -0.1) is 11.3 Å². The maximum Gasteiger partial charge on any atom is 0.279 e. The Bertz CT molecular complexity index is 896. The normalized spacial score (nSPS) is 20.2. The highest BCUT2D eigenvalue weighted by Crippen LogP contribution is 2.28. The number of likely N-dealkylation sites (tertiary alicyclic amines) is 1. The predicted molar refractivity (Wildman–Crippen MR) is 105 cm³/mol. The molecule has 0 saturated carbocycles. The lowest BCUT2D eigenvalue weighted by molar-refractivity contribution is -0.929. The zero-order valence-corrected chi connectivity index (χ0v) is 15.8. The summed E-state index contributed by atoms with van der Waals surface area (Å²) in [5, 5.41) is 4.33. The number of carbonyl (C=O) groups is 1. The van der Waals surface area contributed by atoms with E-state index in [1.807, 2.05) is 12.1 Å². The molecule has 26 heavy (non-hydrogen) atoms. The molecule has 3 heterocycles. The van der Waals surface area contributed by atoms with Crippen LogP contribution >= 0.6 is 22.9 Å². The number of hydrogen-bond donors (Lipinski definition) is 2. The molecule has 1 saturated heterocycles. The van der Waals surface area contributed by atoms with Crippen molar-refractivity contribution in [3.63, 3.8) is 0 Å². The Balaban J connectivity index is 1.50. The van der Waals surface area contributed by atoms with Crippen molar-refractivity contribution in [2.24, 2.45) is 0 Å². The second-order valence-corrected chi connectivity index (χ2v) is 7.96. The number of fused-ring (bicyclic) bond motifs is 1. The molecule has 2 aromatic heterocycles. The van der Waals surface area contributed by atoms with Crippen LogP contribution in [0, 0.1) is 0 Å². The fraction of sp³-hybridized carbons (Fsp3) is 0.316. The molecule has 1 aliphatic heterocycles. The Hall–Kier alpha value is -2.02. The molecule has 2 N–H and O–H groups in total. The van der Waals surface area contributed by atoms with Crippen molar-refractivity contribution in [1.82, 2.24) is 9.97 Å². The molecular formula is C19H20ClN4OS+. The number of hydrogen-bond acceptors (Lipinski definition) is 4. The molecule has 3 aromatic rings. The Morgan fingerprint density at radius 3 is 3.00 bits per heavy atom. The number of amides is 1. The Morgan fingerprint density at radius 1 is 1.27 bits per heavy atom. The van der Waals surface area contributed by atoms with E-state index in [4.69, 9.17) is 16.6 Å². The Labute approximate surface area is 161 Å². The first-order chi connectivity index (χ1) is 12.7. The van der Waals surface area contributed by atoms with Crippen LogP contribution in [0.25, 0.3) is 10.2 Å². The number of halogens is 1. The fourth-order valence-corrected chi connectivity index (χ4v) is 4.84. The van der Waals surface area contributed by atoms with Gasteiger partial charge < -0.3 is 10.2 Å². The van der Waals surface area contributed by atoms with E-state index in [2.05, 4.69) is 22.4 Å². The van der Waals surface area contributed by atoms with Crippen molar-refractivity contribution in [2.45, 2.75) is 25.3 Å². The number of nitrogens with zero attached hydrogens (tertiary/aromatic N) is 2. The number of thiazole rings is 1. The molecule has 0 spiro atoms. The molecule has 5 nitrogen and oxygen atoms in total. The van der Waals surface area contributed by atoms with Gasteiger partial charge in [-0.2, -0.15) is 0 Å². The monoisotopic (exact) mass is 387 g/mol. The third kappa shape index (κ3) is 3.72. The lowest BCUT2D eigenvalue weighted by atomic mass is 10.0. The van der Waals surface area contributed by atoms with Crippen LogP contribution in [0.5, 0.6) is 0 Å². The van der Waals surface area contributed by atoms with Crippen LogP contribution in [0.1, 0.15) is 30.3 Å². The number of aromatic nitrogens is 2. The third-order valence-corrected chi connectivity index (χ3v) is 6.21. The minimum atomic E-state index is -0.0390. The molecule has 2 atom stereocenters. The highest BCUT2D eigenvalue weighted by molar-refractivity contribution is 7.18. The zero-order chi connectivity index (χ0) is 17.9. The Kier molecular flexibility index (Phi) is 5.15. The number of pyridine rings is 1. The number of rotatable bonds is 4. The van der Waals surface area contributed by atoms with E-state index in [-0.39, 0.29) is 11.9 Å². The summed E-state index contributed by atoms with van der Waals surface area (Å²) in [5.41, 5.74) is 1.61. The van der Waals surface area contributed by atoms with E-state index in [1.54, 1.807) is 29.7 Å². The first-order valence-corrected chi connectivity index (χ1v) is 10.0. The van der Waals surface area contributed by atoms with Gasteiger partial charge in [-0.3, -0.25) is 4.79 Å². The summed E-state index contributed by atoms with van der Waals surface area (Å²) in [6, 6.07) is 12.0. The average molecular weight is 388 g/mol. The van der Waals surface area contributed by atoms with Crippen LogP contribution < -0.4 is 10.2 Å². The maximum atomic E-state index is 12.5. The molecule has 7 heteroatoms. The number of piperidine rings is 1. The molecule has 4 rings (SSSR count). The topological polar surface area (TPSA) is 59.3 Å². The minimum Gasteiger partial charge on any atom is -0.319 e. The van der Waals surface area contributed by atoms with Crippen molar-refractivity contribution in [2.75, 3.05) is 18.4 Å². The van der Waals surface area contributed by atoms with E-state index < -0.39 is 0 Å². The van der Waals surface area contributed by atoms with Crippen molar-refractivity contribution < 1.29 is 9.69 Å². The second-order valence-electron chi connectivity index (χ2n) is 6.54. The first kappa shape index (κ1) is 17.4. The van der Waals surface area contributed by atoms with E-state index in [9.17, 15) is 4.79 Å². The van der Waals surface area contributed by atoms with Crippen LogP contribution in [0.4, 0.5) is 5.69 Å². The number of carbonyl (C=O) groups excluding carboxylic acids is 1. The summed E-state index contributed by atoms with van der Waals surface area (Å²) in [6.07, 6.45) is 4.99. The number of para-hydroxylation sites is 1. The standard InChI is InChI=1S/C19H19ClN4OS/c20-18-14(7-5-10-21-18)22-17(25)12-24-11-4-3-8-15(24)19-23-13-6-1-2-9-16(13)26-19/h1-2,5-7,9-10,15H,3-4,8,11-12H2,(H,22,25)/p+1/t15-/m1/s1. The van der Waals surface area contributed by atoms with Gasteiger partial charge in [0.15, 0.2) is 16.7 Å². The van der Waals surface area contributed by atoms with Gasteiger partial charge in [0.25, 0.3) is 5.91 Å². The lowest BCUT2D eigenvalue weighted by Gasteiger charge is -2.30. The van der Waals surface area contributed by atoms with Gasteiger partial charge in [0, 0.05) is 12.6 Å². The first-order valence-electron chi connectivity index (χ1n) is 8.81. The Morgan fingerprint density at radius 2 is 2.15 bits per heavy atom.